The second kappa shape index (κ2) is 8.83. The van der Waals surface area contributed by atoms with Crippen LogP contribution in [-0.4, -0.2) is 44.9 Å². The summed E-state index contributed by atoms with van der Waals surface area (Å²) in [7, 11) is 0. The lowest BCUT2D eigenvalue weighted by molar-refractivity contribution is -0.385. The molecular formula is C21H25N5O3. The number of aryl methyl sites for hydroxylation is 1. The number of nitro benzene ring substituents is 1. The molecule has 1 amide bonds. The van der Waals surface area contributed by atoms with Gasteiger partial charge in [0.25, 0.3) is 11.6 Å². The Kier molecular flexibility index (Phi) is 6.23. The van der Waals surface area contributed by atoms with Crippen molar-refractivity contribution in [3.05, 3.63) is 63.7 Å². The number of anilines is 1. The lowest BCUT2D eigenvalue weighted by atomic mass is 10.1. The molecule has 0 saturated heterocycles. The molecule has 8 nitrogen and oxygen atoms in total. The van der Waals surface area contributed by atoms with Crippen LogP contribution in [0, 0.1) is 17.0 Å². The predicted molar refractivity (Wildman–Crippen MR) is 113 cm³/mol. The Morgan fingerprint density at radius 2 is 1.93 bits per heavy atom. The summed E-state index contributed by atoms with van der Waals surface area (Å²) in [4.78, 5) is 30.2. The molecule has 3 aromatic rings. The summed E-state index contributed by atoms with van der Waals surface area (Å²) in [5.41, 5.74) is 2.55. The topological polar surface area (TPSA) is 93.3 Å². The van der Waals surface area contributed by atoms with Crippen LogP contribution in [0.5, 0.6) is 0 Å². The lowest BCUT2D eigenvalue weighted by Gasteiger charge is -2.19. The highest BCUT2D eigenvalue weighted by Gasteiger charge is 2.17. The maximum Gasteiger partial charge on any atom is 0.272 e. The van der Waals surface area contributed by atoms with E-state index in [-0.39, 0.29) is 11.6 Å². The highest BCUT2D eigenvalue weighted by molar-refractivity contribution is 6.04. The standard InChI is InChI=1S/C21H25N5O3/c1-4-24(5-2)12-13-25-19-9-7-6-8-17(19)22-21(25)23-20(27)16-10-11-18(26(28)29)15(3)14-16/h6-11,14H,4-5,12-13H2,1-3H3,(H,22,23,27). The van der Waals surface area contributed by atoms with E-state index in [0.29, 0.717) is 23.6 Å². The number of nitro groups is 1. The monoisotopic (exact) mass is 395 g/mol. The van der Waals surface area contributed by atoms with E-state index in [9.17, 15) is 14.9 Å². The maximum absolute atomic E-state index is 12.8. The fourth-order valence-electron chi connectivity index (χ4n) is 3.35. The van der Waals surface area contributed by atoms with Gasteiger partial charge in [0, 0.05) is 30.3 Å². The van der Waals surface area contributed by atoms with Gasteiger partial charge in [-0.25, -0.2) is 4.98 Å². The first-order valence-corrected chi connectivity index (χ1v) is 9.68. The first kappa shape index (κ1) is 20.5. The van der Waals surface area contributed by atoms with Gasteiger partial charge in [-0.2, -0.15) is 0 Å². The fourth-order valence-corrected chi connectivity index (χ4v) is 3.35. The summed E-state index contributed by atoms with van der Waals surface area (Å²) >= 11 is 0. The van der Waals surface area contributed by atoms with Crippen LogP contribution in [0.2, 0.25) is 0 Å². The van der Waals surface area contributed by atoms with Crippen LogP contribution in [0.25, 0.3) is 11.0 Å². The third kappa shape index (κ3) is 4.43. The van der Waals surface area contributed by atoms with E-state index in [1.165, 1.54) is 18.2 Å². The van der Waals surface area contributed by atoms with Gasteiger partial charge < -0.3 is 9.47 Å². The van der Waals surface area contributed by atoms with Crippen molar-refractivity contribution in [2.75, 3.05) is 25.0 Å². The molecule has 8 heteroatoms. The Bertz CT molecular complexity index is 1040. The van der Waals surface area contributed by atoms with Gasteiger partial charge in [0.1, 0.15) is 0 Å². The third-order valence-electron chi connectivity index (χ3n) is 5.07. The van der Waals surface area contributed by atoms with Gasteiger partial charge in [0.15, 0.2) is 0 Å². The zero-order chi connectivity index (χ0) is 21.0. The zero-order valence-corrected chi connectivity index (χ0v) is 16.9. The number of hydrogen-bond donors (Lipinski definition) is 1. The fraction of sp³-hybridized carbons (Fsp3) is 0.333. The van der Waals surface area contributed by atoms with Crippen molar-refractivity contribution in [3.63, 3.8) is 0 Å². The van der Waals surface area contributed by atoms with Crippen LogP contribution >= 0.6 is 0 Å². The predicted octanol–water partition coefficient (Wildman–Crippen LogP) is 3.85. The van der Waals surface area contributed by atoms with Crippen LogP contribution in [-0.2, 0) is 6.54 Å². The summed E-state index contributed by atoms with van der Waals surface area (Å²) in [5.74, 6) is 0.127. The minimum atomic E-state index is -0.455. The summed E-state index contributed by atoms with van der Waals surface area (Å²) in [6.07, 6.45) is 0. The van der Waals surface area contributed by atoms with E-state index in [1.807, 2.05) is 28.8 Å². The smallest absolute Gasteiger partial charge is 0.272 e. The highest BCUT2D eigenvalue weighted by Crippen LogP contribution is 2.22. The molecule has 3 rings (SSSR count). The molecule has 0 aliphatic rings. The van der Waals surface area contributed by atoms with E-state index in [0.717, 1.165) is 30.7 Å². The molecular weight excluding hydrogens is 370 g/mol. The molecule has 0 saturated carbocycles. The number of para-hydroxylation sites is 2. The first-order chi connectivity index (χ1) is 13.9. The van der Waals surface area contributed by atoms with Gasteiger partial charge in [-0.1, -0.05) is 26.0 Å². The van der Waals surface area contributed by atoms with Crippen LogP contribution in [0.15, 0.2) is 42.5 Å². The van der Waals surface area contributed by atoms with E-state index in [2.05, 4.69) is 29.0 Å². The molecule has 152 valence electrons. The number of fused-ring (bicyclic) bond motifs is 1. The Balaban J connectivity index is 1.89. The summed E-state index contributed by atoms with van der Waals surface area (Å²) in [5, 5.41) is 13.9. The van der Waals surface area contributed by atoms with Crippen molar-refractivity contribution in [2.24, 2.45) is 0 Å². The van der Waals surface area contributed by atoms with Crippen molar-refractivity contribution in [2.45, 2.75) is 27.3 Å². The number of imidazole rings is 1. The molecule has 0 radical (unpaired) electrons. The molecule has 0 bridgehead atoms. The number of hydrogen-bond acceptors (Lipinski definition) is 5. The number of aromatic nitrogens is 2. The Labute approximate surface area is 169 Å². The maximum atomic E-state index is 12.8. The van der Waals surface area contributed by atoms with Gasteiger partial charge in [0.2, 0.25) is 5.95 Å². The largest absolute Gasteiger partial charge is 0.309 e. The Hall–Kier alpha value is -3.26. The zero-order valence-electron chi connectivity index (χ0n) is 16.9. The van der Waals surface area contributed by atoms with Crippen LogP contribution in [0.3, 0.4) is 0 Å². The molecule has 2 aromatic carbocycles. The normalized spacial score (nSPS) is 11.2. The van der Waals surface area contributed by atoms with Gasteiger partial charge >= 0.3 is 0 Å². The summed E-state index contributed by atoms with van der Waals surface area (Å²) < 4.78 is 2.00. The summed E-state index contributed by atoms with van der Waals surface area (Å²) in [6, 6.07) is 12.1. The van der Waals surface area contributed by atoms with Crippen molar-refractivity contribution < 1.29 is 9.72 Å². The minimum Gasteiger partial charge on any atom is -0.309 e. The second-order valence-electron chi connectivity index (χ2n) is 6.82. The van der Waals surface area contributed by atoms with Gasteiger partial charge in [-0.3, -0.25) is 20.2 Å². The van der Waals surface area contributed by atoms with E-state index in [4.69, 9.17) is 0 Å². The number of nitrogens with one attached hydrogen (secondary N) is 1. The Morgan fingerprint density at radius 1 is 1.21 bits per heavy atom. The average molecular weight is 395 g/mol. The molecule has 1 heterocycles. The van der Waals surface area contributed by atoms with Crippen molar-refractivity contribution in [1.29, 1.82) is 0 Å². The van der Waals surface area contributed by atoms with Crippen molar-refractivity contribution in [1.82, 2.24) is 14.5 Å². The molecule has 1 N–H and O–H groups in total. The minimum absolute atomic E-state index is 0.00647. The lowest BCUT2D eigenvalue weighted by Crippen LogP contribution is -2.27. The number of likely N-dealkylation sites (N-methyl/N-ethyl adjacent to an activating group) is 1. The SMILES string of the molecule is CCN(CC)CCn1c(NC(=O)c2ccc([N+](=O)[O-])c(C)c2)nc2ccccc21. The number of benzene rings is 2. The van der Waals surface area contributed by atoms with Crippen LogP contribution in [0.1, 0.15) is 29.8 Å². The molecule has 0 fully saturated rings. The number of carbonyl (C=O) groups is 1. The number of rotatable bonds is 8. The molecule has 0 atom stereocenters. The number of nitrogens with zero attached hydrogens (tertiary/aromatic N) is 4. The average Bonchev–Trinajstić information content (AvgIpc) is 3.05. The summed E-state index contributed by atoms with van der Waals surface area (Å²) in [6.45, 7) is 9.29. The van der Waals surface area contributed by atoms with E-state index in [1.54, 1.807) is 6.92 Å². The van der Waals surface area contributed by atoms with Gasteiger partial charge in [0.05, 0.1) is 16.0 Å². The van der Waals surface area contributed by atoms with E-state index >= 15 is 0 Å². The van der Waals surface area contributed by atoms with E-state index < -0.39 is 4.92 Å². The number of carbonyl (C=O) groups excluding carboxylic acids is 1. The Morgan fingerprint density at radius 3 is 2.59 bits per heavy atom. The molecule has 0 unspecified atom stereocenters. The second-order valence-corrected chi connectivity index (χ2v) is 6.82. The third-order valence-corrected chi connectivity index (χ3v) is 5.07. The quantitative estimate of drug-likeness (QED) is 0.462. The first-order valence-electron chi connectivity index (χ1n) is 9.68. The molecule has 29 heavy (non-hydrogen) atoms. The van der Waals surface area contributed by atoms with Crippen LogP contribution < -0.4 is 5.32 Å². The van der Waals surface area contributed by atoms with Crippen molar-refractivity contribution >= 4 is 28.6 Å². The van der Waals surface area contributed by atoms with Gasteiger partial charge in [-0.05, 0) is 44.3 Å². The van der Waals surface area contributed by atoms with Gasteiger partial charge in [-0.15, -0.1) is 0 Å². The van der Waals surface area contributed by atoms with Crippen LogP contribution in [0.4, 0.5) is 11.6 Å². The highest BCUT2D eigenvalue weighted by atomic mass is 16.6. The number of amides is 1. The van der Waals surface area contributed by atoms with Crippen molar-refractivity contribution in [3.8, 4) is 0 Å². The molecule has 0 spiro atoms. The molecule has 1 aromatic heterocycles. The molecule has 0 aliphatic heterocycles. The molecule has 0 aliphatic carbocycles.